The number of phosphoric acid groups is 3. The minimum Gasteiger partial charge on any atom is -0.462 e. The first-order chi connectivity index (χ1) is 31.8. The van der Waals surface area contributed by atoms with Gasteiger partial charge in [0.15, 0.2) is 6.10 Å². The molecule has 8 N–H and O–H groups in total. The quantitative estimate of drug-likeness (QED) is 0.0122. The molecular weight excluding hydrogens is 937 g/mol. The molecule has 0 saturated heterocycles. The molecule has 1 fully saturated rings. The summed E-state index contributed by atoms with van der Waals surface area (Å²) in [7, 11) is -16.6. The van der Waals surface area contributed by atoms with E-state index in [4.69, 9.17) is 18.5 Å². The molecule has 22 heteroatoms. The fourth-order valence-electron chi connectivity index (χ4n) is 7.51. The van der Waals surface area contributed by atoms with Crippen molar-refractivity contribution in [3.05, 3.63) is 24.3 Å². The molecule has 0 aromatic rings. The Morgan fingerprint density at radius 1 is 0.463 bits per heavy atom. The van der Waals surface area contributed by atoms with Crippen LogP contribution in [0.1, 0.15) is 194 Å². The lowest BCUT2D eigenvalue weighted by atomic mass is 9.85. The summed E-state index contributed by atoms with van der Waals surface area (Å²) in [6.45, 7) is 2.93. The highest BCUT2D eigenvalue weighted by molar-refractivity contribution is 7.47. The standard InChI is InChI=1S/C45H85O19P3/c1-3-5-7-9-11-13-15-17-19-21-23-25-27-29-31-33-38(46)59-35-37(61-39(47)34-32-30-28-26-24-22-20-18-16-14-12-10-8-6-4-2)36-60-67(57,58)64-43-40(48)41(49)44(62-65(51,52)53)45(42(43)50)63-66(54,55)56/h13,15,18,20,37,40-45,48-50H,3-12,14,16-17,19,21-36H2,1-2H3,(H,57,58)(H2,51,52,53)(H2,54,55,56)/t37-,40?,41?,42?,43+,44?,45+/m1/s1. The molecule has 19 nitrogen and oxygen atoms in total. The molecular formula is C45H85O19P3. The van der Waals surface area contributed by atoms with Gasteiger partial charge >= 0.3 is 35.4 Å². The fourth-order valence-corrected chi connectivity index (χ4v) is 9.61. The van der Waals surface area contributed by atoms with Gasteiger partial charge in [0.1, 0.15) is 43.2 Å². The van der Waals surface area contributed by atoms with E-state index >= 15 is 0 Å². The van der Waals surface area contributed by atoms with Gasteiger partial charge in [-0.25, -0.2) is 13.7 Å². The third-order valence-electron chi connectivity index (χ3n) is 11.2. The van der Waals surface area contributed by atoms with Crippen LogP contribution in [0.15, 0.2) is 24.3 Å². The number of rotatable bonds is 42. The van der Waals surface area contributed by atoms with Gasteiger partial charge in [-0.2, -0.15) is 0 Å². The van der Waals surface area contributed by atoms with Crippen molar-refractivity contribution in [2.45, 2.75) is 236 Å². The Hall–Kier alpha value is -1.37. The SMILES string of the molecule is CCCCCCC=CCCCCCCCCCC(=O)OC[C@H](COP(=O)(O)O[C@H]1C(O)C(O)C(OP(=O)(O)O)[C@@H](OP(=O)(O)O)C1O)OC(=O)CCCCCCCC=CCCCCCCCC. The number of unbranched alkanes of at least 4 members (excludes halogenated alkanes) is 22. The van der Waals surface area contributed by atoms with Crippen LogP contribution in [0.25, 0.3) is 0 Å². The molecule has 0 bridgehead atoms. The van der Waals surface area contributed by atoms with E-state index in [0.29, 0.717) is 12.8 Å². The summed E-state index contributed by atoms with van der Waals surface area (Å²) in [4.78, 5) is 73.2. The van der Waals surface area contributed by atoms with Crippen LogP contribution in [0.3, 0.4) is 0 Å². The highest BCUT2D eigenvalue weighted by atomic mass is 31.2. The molecule has 0 radical (unpaired) electrons. The van der Waals surface area contributed by atoms with Crippen molar-refractivity contribution in [3.8, 4) is 0 Å². The minimum absolute atomic E-state index is 0.0110. The molecule has 0 amide bonds. The van der Waals surface area contributed by atoms with E-state index in [1.165, 1.54) is 64.2 Å². The second-order valence-electron chi connectivity index (χ2n) is 17.4. The lowest BCUT2D eigenvalue weighted by Crippen LogP contribution is -2.65. The Bertz CT molecular complexity index is 1500. The zero-order valence-electron chi connectivity index (χ0n) is 40.0. The minimum atomic E-state index is -5.60. The third kappa shape index (κ3) is 33.8. The average Bonchev–Trinajstić information content (AvgIpc) is 3.25. The molecule has 1 aliphatic carbocycles. The van der Waals surface area contributed by atoms with Crippen molar-refractivity contribution in [1.29, 1.82) is 0 Å². The average molecular weight is 1020 g/mol. The van der Waals surface area contributed by atoms with E-state index in [0.717, 1.165) is 89.9 Å². The van der Waals surface area contributed by atoms with Gasteiger partial charge in [0.2, 0.25) is 0 Å². The predicted molar refractivity (Wildman–Crippen MR) is 252 cm³/mol. The first-order valence-electron chi connectivity index (χ1n) is 24.6. The summed E-state index contributed by atoms with van der Waals surface area (Å²) in [5, 5.41) is 31.9. The highest BCUT2D eigenvalue weighted by Crippen LogP contribution is 2.51. The normalized spacial score (nSPS) is 21.8. The number of allylic oxidation sites excluding steroid dienone is 4. The molecule has 1 aliphatic rings. The lowest BCUT2D eigenvalue weighted by Gasteiger charge is -2.44. The second-order valence-corrected chi connectivity index (χ2v) is 21.2. The summed E-state index contributed by atoms with van der Waals surface area (Å²) in [6.07, 6.45) is 20.5. The Balaban J connectivity index is 2.72. The third-order valence-corrected chi connectivity index (χ3v) is 13.3. The number of carbonyl (C=O) groups is 2. The maximum atomic E-state index is 13.1. The van der Waals surface area contributed by atoms with Crippen LogP contribution in [0, 0.1) is 0 Å². The van der Waals surface area contributed by atoms with Crippen LogP contribution in [-0.2, 0) is 50.9 Å². The van der Waals surface area contributed by atoms with Gasteiger partial charge in [-0.05, 0) is 64.2 Å². The molecule has 0 heterocycles. The Morgan fingerprint density at radius 2 is 0.821 bits per heavy atom. The molecule has 0 aliphatic heterocycles. The molecule has 394 valence electrons. The predicted octanol–water partition coefficient (Wildman–Crippen LogP) is 9.07. The summed E-state index contributed by atoms with van der Waals surface area (Å²) >= 11 is 0. The number of esters is 2. The molecule has 67 heavy (non-hydrogen) atoms. The fraction of sp³-hybridized carbons (Fsp3) is 0.867. The summed E-state index contributed by atoms with van der Waals surface area (Å²) in [5.74, 6) is -1.31. The zero-order valence-corrected chi connectivity index (χ0v) is 42.7. The maximum absolute atomic E-state index is 13.1. The number of aliphatic hydroxyl groups excluding tert-OH is 3. The summed E-state index contributed by atoms with van der Waals surface area (Å²) in [5.41, 5.74) is 0. The molecule has 1 rings (SSSR count). The monoisotopic (exact) mass is 1020 g/mol. The number of phosphoric ester groups is 3. The van der Waals surface area contributed by atoms with E-state index in [9.17, 15) is 63.1 Å². The Kier molecular flexibility index (Phi) is 35.5. The Labute approximate surface area is 398 Å². The van der Waals surface area contributed by atoms with E-state index in [1.54, 1.807) is 0 Å². The van der Waals surface area contributed by atoms with Gasteiger partial charge in [-0.1, -0.05) is 141 Å². The number of ether oxygens (including phenoxy) is 2. The van der Waals surface area contributed by atoms with Crippen LogP contribution in [0.4, 0.5) is 0 Å². The van der Waals surface area contributed by atoms with Crippen LogP contribution in [-0.4, -0.2) is 108 Å². The number of hydrogen-bond acceptors (Lipinski definition) is 14. The van der Waals surface area contributed by atoms with Crippen molar-refractivity contribution >= 4 is 35.4 Å². The van der Waals surface area contributed by atoms with Crippen molar-refractivity contribution in [2.75, 3.05) is 13.2 Å². The molecule has 0 aromatic heterocycles. The van der Waals surface area contributed by atoms with E-state index in [1.807, 2.05) is 0 Å². The number of aliphatic hydroxyl groups is 3. The Morgan fingerprint density at radius 3 is 1.25 bits per heavy atom. The van der Waals surface area contributed by atoms with E-state index in [-0.39, 0.29) is 12.8 Å². The van der Waals surface area contributed by atoms with Crippen molar-refractivity contribution in [3.63, 3.8) is 0 Å². The molecule has 0 aromatic carbocycles. The molecule has 8 atom stereocenters. The summed E-state index contributed by atoms with van der Waals surface area (Å²) < 4.78 is 65.5. The van der Waals surface area contributed by atoms with E-state index in [2.05, 4.69) is 47.2 Å². The largest absolute Gasteiger partial charge is 0.472 e. The van der Waals surface area contributed by atoms with Crippen molar-refractivity contribution < 1.29 is 90.6 Å². The lowest BCUT2D eigenvalue weighted by molar-refractivity contribution is -0.213. The number of hydrogen-bond donors (Lipinski definition) is 8. The van der Waals surface area contributed by atoms with Crippen molar-refractivity contribution in [1.82, 2.24) is 0 Å². The van der Waals surface area contributed by atoms with Gasteiger partial charge < -0.3 is 49.3 Å². The molecule has 0 spiro atoms. The first kappa shape index (κ1) is 63.6. The molecule has 1 saturated carbocycles. The molecule has 5 unspecified atom stereocenters. The van der Waals surface area contributed by atoms with Crippen LogP contribution < -0.4 is 0 Å². The van der Waals surface area contributed by atoms with Gasteiger partial charge in [0.25, 0.3) is 0 Å². The maximum Gasteiger partial charge on any atom is 0.472 e. The highest BCUT2D eigenvalue weighted by Gasteiger charge is 2.56. The smallest absolute Gasteiger partial charge is 0.462 e. The second kappa shape index (κ2) is 37.4. The summed E-state index contributed by atoms with van der Waals surface area (Å²) in [6, 6.07) is 0. The van der Waals surface area contributed by atoms with Crippen molar-refractivity contribution in [2.24, 2.45) is 0 Å². The zero-order chi connectivity index (χ0) is 50.0. The van der Waals surface area contributed by atoms with Gasteiger partial charge in [0, 0.05) is 12.8 Å². The topological polar surface area (TPSA) is 303 Å². The number of carbonyl (C=O) groups excluding carboxylic acids is 2. The van der Waals surface area contributed by atoms with Crippen LogP contribution >= 0.6 is 23.5 Å². The van der Waals surface area contributed by atoms with Crippen LogP contribution in [0.2, 0.25) is 0 Å². The first-order valence-corrected chi connectivity index (χ1v) is 29.2. The van der Waals surface area contributed by atoms with Gasteiger partial charge in [0.05, 0.1) is 6.61 Å². The van der Waals surface area contributed by atoms with E-state index < -0.39 is 91.3 Å². The van der Waals surface area contributed by atoms with Gasteiger partial charge in [-0.3, -0.25) is 27.7 Å². The van der Waals surface area contributed by atoms with Crippen LogP contribution in [0.5, 0.6) is 0 Å². The van der Waals surface area contributed by atoms with Gasteiger partial charge in [-0.15, -0.1) is 0 Å².